The average Bonchev–Trinajstić information content (AvgIpc) is 3.32. The lowest BCUT2D eigenvalue weighted by Crippen LogP contribution is -2.63. The van der Waals surface area contributed by atoms with E-state index in [1.165, 1.54) is 23.5 Å². The van der Waals surface area contributed by atoms with Gasteiger partial charge >= 0.3 is 5.97 Å². The number of piperidine rings is 1. The third-order valence-corrected chi connectivity index (χ3v) is 6.30. The second-order valence-electron chi connectivity index (χ2n) is 7.81. The fourth-order valence-electron chi connectivity index (χ4n) is 3.44. The molecule has 2 aliphatic heterocycles. The highest BCUT2D eigenvalue weighted by Crippen LogP contribution is 2.37. The molecular formula is C22H22BrF5N4O3S. The lowest BCUT2D eigenvalue weighted by molar-refractivity contribution is -0.252. The topological polar surface area (TPSA) is 87.0 Å². The molecule has 4 rings (SSSR count). The highest BCUT2D eigenvalue weighted by Gasteiger charge is 2.59. The molecule has 1 aromatic carbocycles. The number of hydrogen-bond donors (Lipinski definition) is 2. The summed E-state index contributed by atoms with van der Waals surface area (Å²) in [6.45, 7) is -0.949. The van der Waals surface area contributed by atoms with Crippen LogP contribution < -0.4 is 5.32 Å². The monoisotopic (exact) mass is 596 g/mol. The van der Waals surface area contributed by atoms with Crippen LogP contribution in [0.15, 0.2) is 56.6 Å². The molecule has 0 spiro atoms. The molecule has 0 aliphatic carbocycles. The van der Waals surface area contributed by atoms with Crippen LogP contribution in [0, 0.1) is 5.82 Å². The predicted molar refractivity (Wildman–Crippen MR) is 127 cm³/mol. The fraction of sp³-hybridized carbons (Fsp3) is 0.409. The maximum Gasteiger partial charge on any atom is 0.337 e. The summed E-state index contributed by atoms with van der Waals surface area (Å²) in [5, 5.41) is 14.3. The van der Waals surface area contributed by atoms with E-state index in [-0.39, 0.29) is 30.2 Å². The molecule has 0 amide bonds. The Labute approximate surface area is 215 Å². The van der Waals surface area contributed by atoms with Gasteiger partial charge in [0, 0.05) is 28.3 Å². The minimum Gasteiger partial charge on any atom is -0.463 e. The van der Waals surface area contributed by atoms with Gasteiger partial charge in [-0.05, 0) is 25.1 Å². The Morgan fingerprint density at radius 2 is 2.00 bits per heavy atom. The molecule has 196 valence electrons. The zero-order valence-corrected chi connectivity index (χ0v) is 21.3. The summed E-state index contributed by atoms with van der Waals surface area (Å²) in [4.78, 5) is 21.3. The molecule has 0 radical (unpaired) electrons. The van der Waals surface area contributed by atoms with Crippen LogP contribution in [0.5, 0.6) is 0 Å². The Morgan fingerprint density at radius 3 is 2.53 bits per heavy atom. The van der Waals surface area contributed by atoms with Crippen molar-refractivity contribution in [2.75, 3.05) is 32.8 Å². The molecule has 36 heavy (non-hydrogen) atoms. The number of benzene rings is 1. The molecule has 7 nitrogen and oxygen atoms in total. The quantitative estimate of drug-likeness (QED) is 0.403. The van der Waals surface area contributed by atoms with Gasteiger partial charge in [0.1, 0.15) is 5.82 Å². The van der Waals surface area contributed by atoms with Crippen molar-refractivity contribution in [2.45, 2.75) is 24.9 Å². The molecule has 2 aromatic rings. The van der Waals surface area contributed by atoms with E-state index in [2.05, 4.69) is 31.2 Å². The van der Waals surface area contributed by atoms with Gasteiger partial charge in [-0.3, -0.25) is 9.89 Å². The molecule has 0 atom stereocenters. The number of ether oxygens (including phenoxy) is 1. The highest BCUT2D eigenvalue weighted by atomic mass is 79.9. The van der Waals surface area contributed by atoms with Crippen LogP contribution in [-0.2, 0) is 9.53 Å². The molecule has 3 heterocycles. The summed E-state index contributed by atoms with van der Waals surface area (Å²) in [7, 11) is 0. The van der Waals surface area contributed by atoms with Gasteiger partial charge in [-0.25, -0.2) is 31.7 Å². The van der Waals surface area contributed by atoms with E-state index in [4.69, 9.17) is 4.74 Å². The zero-order valence-electron chi connectivity index (χ0n) is 18.9. The first-order valence-corrected chi connectivity index (χ1v) is 12.3. The molecule has 14 heteroatoms. The van der Waals surface area contributed by atoms with Crippen LogP contribution in [0.2, 0.25) is 0 Å². The van der Waals surface area contributed by atoms with Crippen LogP contribution in [0.3, 0.4) is 0 Å². The van der Waals surface area contributed by atoms with Crippen molar-refractivity contribution in [3.05, 3.63) is 62.4 Å². The SMILES string of the molecule is CCOC(=O)C1=C(CN2CC(F)(F)C(O)C(F)(F)C2)NC(c2nccs2)=NC1.Fc1cccc(Br)c1. The first-order valence-electron chi connectivity index (χ1n) is 10.6. The Kier molecular flexibility index (Phi) is 9.19. The van der Waals surface area contributed by atoms with E-state index in [0.717, 1.165) is 9.37 Å². The normalized spacial score (nSPS) is 19.6. The van der Waals surface area contributed by atoms with E-state index in [1.54, 1.807) is 30.6 Å². The summed E-state index contributed by atoms with van der Waals surface area (Å²) < 4.78 is 73.2. The van der Waals surface area contributed by atoms with Crippen molar-refractivity contribution >= 4 is 39.1 Å². The van der Waals surface area contributed by atoms with E-state index >= 15 is 0 Å². The van der Waals surface area contributed by atoms with Gasteiger partial charge in [-0.2, -0.15) is 0 Å². The number of rotatable bonds is 5. The van der Waals surface area contributed by atoms with E-state index in [1.807, 2.05) is 0 Å². The Bertz CT molecular complexity index is 1100. The average molecular weight is 597 g/mol. The van der Waals surface area contributed by atoms with Gasteiger partial charge < -0.3 is 15.2 Å². The number of aliphatic hydroxyl groups excluding tert-OH is 1. The van der Waals surface area contributed by atoms with Crippen LogP contribution >= 0.6 is 27.3 Å². The molecule has 2 N–H and O–H groups in total. The number of halogens is 6. The molecule has 0 saturated carbocycles. The number of hydrogen-bond acceptors (Lipinski definition) is 8. The number of alkyl halides is 4. The highest BCUT2D eigenvalue weighted by molar-refractivity contribution is 9.10. The van der Waals surface area contributed by atoms with Crippen molar-refractivity contribution in [3.63, 3.8) is 0 Å². The predicted octanol–water partition coefficient (Wildman–Crippen LogP) is 3.85. The zero-order chi connectivity index (χ0) is 26.5. The molecule has 1 saturated heterocycles. The smallest absolute Gasteiger partial charge is 0.337 e. The Hall–Kier alpha value is -2.42. The van der Waals surface area contributed by atoms with Crippen molar-refractivity contribution in [2.24, 2.45) is 4.99 Å². The maximum absolute atomic E-state index is 13.8. The number of amidine groups is 1. The van der Waals surface area contributed by atoms with E-state index in [9.17, 15) is 31.9 Å². The minimum atomic E-state index is -3.99. The first-order chi connectivity index (χ1) is 16.9. The summed E-state index contributed by atoms with van der Waals surface area (Å²) in [5.74, 6) is -8.59. The Morgan fingerprint density at radius 1 is 1.31 bits per heavy atom. The molecular weight excluding hydrogens is 575 g/mol. The van der Waals surface area contributed by atoms with Crippen molar-refractivity contribution in [1.82, 2.24) is 15.2 Å². The molecule has 0 bridgehead atoms. The number of carbonyl (C=O) groups is 1. The lowest BCUT2D eigenvalue weighted by atomic mass is 9.99. The first kappa shape index (κ1) is 28.2. The van der Waals surface area contributed by atoms with Gasteiger partial charge in [0.25, 0.3) is 11.8 Å². The summed E-state index contributed by atoms with van der Waals surface area (Å²) in [6, 6.07) is 6.26. The van der Waals surface area contributed by atoms with Crippen molar-refractivity contribution in [3.8, 4) is 0 Å². The van der Waals surface area contributed by atoms with Crippen LogP contribution in [0.1, 0.15) is 11.9 Å². The minimum absolute atomic E-state index is 0.0694. The standard InChI is InChI=1S/C16H18F4N4O3S.C6H4BrF/c1-2-27-13(25)9-5-22-11(12-21-3-4-28-12)23-10(9)6-24-7-15(17,18)14(26)16(19,20)8-24;7-5-2-1-3-6(8)4-5/h3-4,14,26H,2,5-8H2,1H3,(H,22,23);1-4H. The van der Waals surface area contributed by atoms with Crippen LogP contribution in [-0.4, -0.2) is 77.5 Å². The Balaban J connectivity index is 0.000000383. The number of aliphatic imine (C=N–C) groups is 1. The number of likely N-dealkylation sites (tertiary alicyclic amines) is 1. The van der Waals surface area contributed by atoms with Gasteiger partial charge in [-0.1, -0.05) is 22.0 Å². The number of aliphatic hydroxyl groups is 1. The second-order valence-corrected chi connectivity index (χ2v) is 9.62. The number of carbonyl (C=O) groups excluding carboxylic acids is 1. The molecule has 1 aromatic heterocycles. The van der Waals surface area contributed by atoms with Crippen molar-refractivity contribution < 1.29 is 36.6 Å². The largest absolute Gasteiger partial charge is 0.463 e. The number of nitrogens with zero attached hydrogens (tertiary/aromatic N) is 3. The number of thiazole rings is 1. The van der Waals surface area contributed by atoms with Crippen LogP contribution in [0.25, 0.3) is 0 Å². The van der Waals surface area contributed by atoms with Gasteiger partial charge in [0.05, 0.1) is 31.8 Å². The molecule has 1 fully saturated rings. The lowest BCUT2D eigenvalue weighted by Gasteiger charge is -2.41. The number of nitrogens with one attached hydrogen (secondary N) is 1. The van der Waals surface area contributed by atoms with Gasteiger partial charge in [0.15, 0.2) is 16.9 Å². The van der Waals surface area contributed by atoms with E-state index in [0.29, 0.717) is 10.8 Å². The summed E-state index contributed by atoms with van der Waals surface area (Å²) in [6.07, 6.45) is -1.51. The summed E-state index contributed by atoms with van der Waals surface area (Å²) >= 11 is 4.39. The van der Waals surface area contributed by atoms with E-state index < -0.39 is 43.6 Å². The summed E-state index contributed by atoms with van der Waals surface area (Å²) in [5.41, 5.74) is 0.210. The third-order valence-electron chi connectivity index (χ3n) is 5.02. The van der Waals surface area contributed by atoms with Gasteiger partial charge in [0.2, 0.25) is 0 Å². The number of aromatic nitrogens is 1. The maximum atomic E-state index is 13.8. The van der Waals surface area contributed by atoms with Gasteiger partial charge in [-0.15, -0.1) is 11.3 Å². The van der Waals surface area contributed by atoms with Crippen molar-refractivity contribution in [1.29, 1.82) is 0 Å². The molecule has 0 unspecified atom stereocenters. The number of esters is 1. The second kappa shape index (κ2) is 11.8. The molecule has 2 aliphatic rings. The fourth-order valence-corrected chi connectivity index (χ4v) is 4.41. The van der Waals surface area contributed by atoms with Crippen LogP contribution in [0.4, 0.5) is 22.0 Å². The third kappa shape index (κ3) is 7.08.